The molecule has 178 valence electrons. The summed E-state index contributed by atoms with van der Waals surface area (Å²) in [5, 5.41) is 0. The topological polar surface area (TPSA) is 85.8 Å². The maximum Gasteiger partial charge on any atom is 0.337 e. The quantitative estimate of drug-likeness (QED) is 0.367. The summed E-state index contributed by atoms with van der Waals surface area (Å²) in [5.41, 5.74) is 4.02. The Kier molecular flexibility index (Phi) is 7.47. The normalized spacial score (nSPS) is 14.1. The van der Waals surface area contributed by atoms with Crippen LogP contribution in [0.2, 0.25) is 0 Å². The molecule has 1 aromatic heterocycles. The number of nitrogens with zero attached hydrogens (tertiary/aromatic N) is 2. The van der Waals surface area contributed by atoms with Gasteiger partial charge in [-0.2, -0.15) is 0 Å². The van der Waals surface area contributed by atoms with Gasteiger partial charge in [0.1, 0.15) is 5.75 Å². The number of thiol groups is 1. The molecule has 2 aromatic carbocycles. The molecule has 1 fully saturated rings. The van der Waals surface area contributed by atoms with Crippen molar-refractivity contribution >= 4 is 28.2 Å². The van der Waals surface area contributed by atoms with Crippen molar-refractivity contribution < 1.29 is 22.7 Å². The van der Waals surface area contributed by atoms with Crippen LogP contribution in [0.5, 0.6) is 5.75 Å². The number of aromatic nitrogens is 1. The van der Waals surface area contributed by atoms with Gasteiger partial charge in [-0.25, -0.2) is 17.5 Å². The van der Waals surface area contributed by atoms with E-state index in [0.717, 1.165) is 15.4 Å². The van der Waals surface area contributed by atoms with Crippen LogP contribution in [0.3, 0.4) is 0 Å². The van der Waals surface area contributed by atoms with E-state index >= 15 is 0 Å². The fourth-order valence-corrected chi connectivity index (χ4v) is 5.14. The largest absolute Gasteiger partial charge is 0.495 e. The molecule has 1 aliphatic rings. The van der Waals surface area contributed by atoms with Gasteiger partial charge >= 0.3 is 5.97 Å². The van der Waals surface area contributed by atoms with Crippen LogP contribution >= 0.6 is 0 Å². The number of carbonyl (C=O) groups is 1. The SMILES string of the molecule is COC(=O)c1ccc(N(c2cncc(-c3ccc(C4CCCCC4)cc3)c2)[SH](=O)=O)c(OC)c1. The molecule has 1 saturated carbocycles. The number of ether oxygens (including phenoxy) is 2. The first-order valence-corrected chi connectivity index (χ1v) is 12.4. The van der Waals surface area contributed by atoms with Gasteiger partial charge in [0, 0.05) is 11.8 Å². The number of hydrogen-bond donors (Lipinski definition) is 1. The van der Waals surface area contributed by atoms with E-state index in [-0.39, 0.29) is 17.0 Å². The molecule has 0 bridgehead atoms. The molecule has 3 aromatic rings. The van der Waals surface area contributed by atoms with Crippen molar-refractivity contribution in [3.8, 4) is 16.9 Å². The van der Waals surface area contributed by atoms with E-state index < -0.39 is 16.9 Å². The highest BCUT2D eigenvalue weighted by atomic mass is 32.2. The number of esters is 1. The molecule has 1 aliphatic carbocycles. The van der Waals surface area contributed by atoms with Gasteiger partial charge in [-0.1, -0.05) is 43.5 Å². The number of anilines is 2. The van der Waals surface area contributed by atoms with Gasteiger partial charge < -0.3 is 9.47 Å². The lowest BCUT2D eigenvalue weighted by molar-refractivity contribution is 0.0600. The molecular formula is C26H28N2O5S. The van der Waals surface area contributed by atoms with Crippen LogP contribution in [0, 0.1) is 0 Å². The molecule has 0 saturated heterocycles. The molecule has 0 N–H and O–H groups in total. The van der Waals surface area contributed by atoms with Crippen molar-refractivity contribution in [2.75, 3.05) is 18.5 Å². The minimum Gasteiger partial charge on any atom is -0.495 e. The van der Waals surface area contributed by atoms with Gasteiger partial charge in [0.2, 0.25) is 10.9 Å². The van der Waals surface area contributed by atoms with Gasteiger partial charge in [0.25, 0.3) is 0 Å². The first-order chi connectivity index (χ1) is 16.5. The molecule has 7 nitrogen and oxygen atoms in total. The zero-order valence-corrected chi connectivity index (χ0v) is 20.2. The number of carbonyl (C=O) groups excluding carboxylic acids is 1. The van der Waals surface area contributed by atoms with E-state index in [4.69, 9.17) is 9.47 Å². The Morgan fingerprint density at radius 1 is 0.941 bits per heavy atom. The minimum absolute atomic E-state index is 0.226. The highest BCUT2D eigenvalue weighted by molar-refractivity contribution is 7.74. The second-order valence-corrected chi connectivity index (χ2v) is 9.19. The van der Waals surface area contributed by atoms with Crippen LogP contribution < -0.4 is 9.04 Å². The molecule has 8 heteroatoms. The number of rotatable bonds is 7. The van der Waals surface area contributed by atoms with Crippen LogP contribution in [0.4, 0.5) is 11.4 Å². The summed E-state index contributed by atoms with van der Waals surface area (Å²) < 4.78 is 35.8. The van der Waals surface area contributed by atoms with Crippen molar-refractivity contribution in [3.05, 3.63) is 72.1 Å². The lowest BCUT2D eigenvalue weighted by Crippen LogP contribution is -2.16. The van der Waals surface area contributed by atoms with Crippen LogP contribution in [0.25, 0.3) is 11.1 Å². The van der Waals surface area contributed by atoms with Gasteiger partial charge in [-0.3, -0.25) is 4.98 Å². The predicted octanol–water partition coefficient (Wildman–Crippen LogP) is 5.26. The highest BCUT2D eigenvalue weighted by Gasteiger charge is 2.20. The Labute approximate surface area is 201 Å². The molecular weight excluding hydrogens is 452 g/mol. The number of methoxy groups -OCH3 is 2. The first-order valence-electron chi connectivity index (χ1n) is 11.3. The van der Waals surface area contributed by atoms with E-state index in [1.807, 2.05) is 0 Å². The number of hydrogen-bond acceptors (Lipinski definition) is 6. The summed E-state index contributed by atoms with van der Waals surface area (Å²) in [6, 6.07) is 14.7. The molecule has 0 radical (unpaired) electrons. The van der Waals surface area contributed by atoms with Crippen LogP contribution in [-0.4, -0.2) is 33.6 Å². The lowest BCUT2D eigenvalue weighted by atomic mass is 9.84. The number of benzene rings is 2. The molecule has 0 spiro atoms. The van der Waals surface area contributed by atoms with Gasteiger partial charge in [-0.15, -0.1) is 0 Å². The maximum atomic E-state index is 12.3. The molecule has 0 amide bonds. The molecule has 34 heavy (non-hydrogen) atoms. The summed E-state index contributed by atoms with van der Waals surface area (Å²) in [7, 11) is -0.370. The van der Waals surface area contributed by atoms with E-state index in [2.05, 4.69) is 29.2 Å². The van der Waals surface area contributed by atoms with E-state index in [1.54, 1.807) is 12.3 Å². The second-order valence-electron chi connectivity index (χ2n) is 8.32. The lowest BCUT2D eigenvalue weighted by Gasteiger charge is -2.22. The molecule has 0 atom stereocenters. The zero-order valence-electron chi connectivity index (χ0n) is 19.3. The summed E-state index contributed by atoms with van der Waals surface area (Å²) in [6.45, 7) is 0. The Balaban J connectivity index is 1.67. The smallest absolute Gasteiger partial charge is 0.337 e. The summed E-state index contributed by atoms with van der Waals surface area (Å²) in [5.74, 6) is 0.306. The van der Waals surface area contributed by atoms with E-state index in [9.17, 15) is 13.2 Å². The maximum absolute atomic E-state index is 12.3. The Bertz CT molecular complexity index is 1230. The van der Waals surface area contributed by atoms with Crippen molar-refractivity contribution in [1.29, 1.82) is 0 Å². The van der Waals surface area contributed by atoms with Crippen LogP contribution in [0.1, 0.15) is 53.9 Å². The van der Waals surface area contributed by atoms with Crippen LogP contribution in [-0.2, 0) is 15.6 Å². The molecule has 0 unspecified atom stereocenters. The van der Waals surface area contributed by atoms with E-state index in [1.165, 1.54) is 76.3 Å². The van der Waals surface area contributed by atoms with Gasteiger partial charge in [0.15, 0.2) is 0 Å². The second kappa shape index (κ2) is 10.7. The average molecular weight is 481 g/mol. The molecule has 1 heterocycles. The standard InChI is InChI=1S/C26H28N2O5S/c1-32-25-15-21(26(29)33-2)12-13-24(25)28(34(30)31)23-14-22(16-27-17-23)20-10-8-19(9-11-20)18-6-4-3-5-7-18/h8-18,34H,3-7H2,1-2H3. The Morgan fingerprint density at radius 3 is 2.32 bits per heavy atom. The minimum atomic E-state index is -3.07. The average Bonchev–Trinajstić information content (AvgIpc) is 2.89. The third kappa shape index (κ3) is 5.07. The van der Waals surface area contributed by atoms with Crippen molar-refractivity contribution in [2.24, 2.45) is 0 Å². The summed E-state index contributed by atoms with van der Waals surface area (Å²) in [6.07, 6.45) is 9.56. The summed E-state index contributed by atoms with van der Waals surface area (Å²) >= 11 is 0. The number of pyridine rings is 1. The first kappa shape index (κ1) is 23.8. The monoisotopic (exact) mass is 480 g/mol. The zero-order chi connectivity index (χ0) is 24.1. The Morgan fingerprint density at radius 2 is 1.68 bits per heavy atom. The van der Waals surface area contributed by atoms with E-state index in [0.29, 0.717) is 11.6 Å². The van der Waals surface area contributed by atoms with Crippen molar-refractivity contribution in [1.82, 2.24) is 4.98 Å². The fraction of sp³-hybridized carbons (Fsp3) is 0.308. The third-order valence-electron chi connectivity index (χ3n) is 6.28. The van der Waals surface area contributed by atoms with Gasteiger partial charge in [0.05, 0.1) is 37.4 Å². The third-order valence-corrected chi connectivity index (χ3v) is 7.05. The molecule has 4 rings (SSSR count). The fourth-order valence-electron chi connectivity index (χ4n) is 4.50. The summed E-state index contributed by atoms with van der Waals surface area (Å²) in [4.78, 5) is 16.2. The van der Waals surface area contributed by atoms with Gasteiger partial charge in [-0.05, 0) is 54.2 Å². The molecule has 0 aliphatic heterocycles. The van der Waals surface area contributed by atoms with Crippen molar-refractivity contribution in [3.63, 3.8) is 0 Å². The van der Waals surface area contributed by atoms with Crippen molar-refractivity contribution in [2.45, 2.75) is 38.0 Å². The predicted molar refractivity (Wildman–Crippen MR) is 132 cm³/mol. The Hall–Kier alpha value is -3.39. The van der Waals surface area contributed by atoms with Crippen LogP contribution in [0.15, 0.2) is 60.9 Å². The highest BCUT2D eigenvalue weighted by Crippen LogP contribution is 2.37.